The Balaban J connectivity index is 1.87. The summed E-state index contributed by atoms with van der Waals surface area (Å²) in [5, 5.41) is 3.06. The summed E-state index contributed by atoms with van der Waals surface area (Å²) in [5.41, 5.74) is 1.25. The van der Waals surface area contributed by atoms with Gasteiger partial charge in [-0.05, 0) is 48.4 Å². The number of hydrogen-bond acceptors (Lipinski definition) is 3. The molecule has 0 atom stereocenters. The molecule has 0 unspecified atom stereocenters. The molecule has 25 heavy (non-hydrogen) atoms. The Morgan fingerprint density at radius 1 is 1.16 bits per heavy atom. The summed E-state index contributed by atoms with van der Waals surface area (Å²) < 4.78 is 45.1. The number of carbonyl (C=O) groups excluding carboxylic acids is 1. The number of nitrogens with one attached hydrogen (secondary N) is 1. The molecule has 0 fully saturated rings. The van der Waals surface area contributed by atoms with Gasteiger partial charge in [0.05, 0.1) is 12.1 Å². The fraction of sp³-hybridized carbons (Fsp3) is 0.235. The number of halogens is 4. The van der Waals surface area contributed by atoms with Crippen LogP contribution in [0.3, 0.4) is 0 Å². The highest BCUT2D eigenvalue weighted by Gasteiger charge is 2.30. The topological polar surface area (TPSA) is 47.6 Å². The Morgan fingerprint density at radius 3 is 2.40 bits per heavy atom. The van der Waals surface area contributed by atoms with Gasteiger partial charge < -0.3 is 14.8 Å². The second-order valence-corrected chi connectivity index (χ2v) is 5.50. The van der Waals surface area contributed by atoms with E-state index in [1.807, 2.05) is 0 Å². The monoisotopic (exact) mass is 373 g/mol. The van der Waals surface area contributed by atoms with Crippen LogP contribution in [-0.2, 0) is 11.2 Å². The molecule has 4 nitrogen and oxygen atoms in total. The number of methoxy groups -OCH3 is 1. The lowest BCUT2D eigenvalue weighted by molar-refractivity contribution is -0.274. The van der Waals surface area contributed by atoms with Crippen LogP contribution in [0, 0.1) is 0 Å². The SMILES string of the molecule is COc1ccc(CCC(=O)Nc2ccc(OC(F)(F)F)cc2)cc1Cl. The average molecular weight is 374 g/mol. The minimum atomic E-state index is -4.75. The summed E-state index contributed by atoms with van der Waals surface area (Å²) in [6, 6.07) is 10.2. The van der Waals surface area contributed by atoms with Crippen molar-refractivity contribution in [1.82, 2.24) is 0 Å². The Bertz CT molecular complexity index is 733. The molecule has 0 aliphatic rings. The lowest BCUT2D eigenvalue weighted by Gasteiger charge is -2.10. The summed E-state index contributed by atoms with van der Waals surface area (Å²) in [5.74, 6) is -0.0640. The third-order valence-corrected chi connectivity index (χ3v) is 3.52. The van der Waals surface area contributed by atoms with Crippen LogP contribution in [0.1, 0.15) is 12.0 Å². The van der Waals surface area contributed by atoms with Crippen molar-refractivity contribution in [3.8, 4) is 11.5 Å². The third kappa shape index (κ3) is 6.19. The van der Waals surface area contributed by atoms with Crippen molar-refractivity contribution in [2.24, 2.45) is 0 Å². The molecule has 0 radical (unpaired) electrons. The number of aryl methyl sites for hydroxylation is 1. The first-order chi connectivity index (χ1) is 11.8. The van der Waals surface area contributed by atoms with Crippen molar-refractivity contribution in [3.63, 3.8) is 0 Å². The largest absolute Gasteiger partial charge is 0.573 e. The van der Waals surface area contributed by atoms with Crippen LogP contribution in [0.4, 0.5) is 18.9 Å². The first-order valence-corrected chi connectivity index (χ1v) is 7.63. The zero-order valence-corrected chi connectivity index (χ0v) is 13.9. The maximum absolute atomic E-state index is 12.1. The zero-order chi connectivity index (χ0) is 18.4. The van der Waals surface area contributed by atoms with Crippen molar-refractivity contribution in [1.29, 1.82) is 0 Å². The molecule has 0 spiro atoms. The maximum atomic E-state index is 12.1. The van der Waals surface area contributed by atoms with E-state index >= 15 is 0 Å². The highest BCUT2D eigenvalue weighted by atomic mass is 35.5. The van der Waals surface area contributed by atoms with E-state index in [4.69, 9.17) is 16.3 Å². The molecule has 0 aliphatic carbocycles. The number of amides is 1. The minimum absolute atomic E-state index is 0.198. The van der Waals surface area contributed by atoms with E-state index in [0.717, 1.165) is 17.7 Å². The predicted molar refractivity (Wildman–Crippen MR) is 88.1 cm³/mol. The predicted octanol–water partition coefficient (Wildman–Crippen LogP) is 4.82. The van der Waals surface area contributed by atoms with E-state index in [-0.39, 0.29) is 18.1 Å². The van der Waals surface area contributed by atoms with Crippen LogP contribution in [0.15, 0.2) is 42.5 Å². The first-order valence-electron chi connectivity index (χ1n) is 7.25. The van der Waals surface area contributed by atoms with E-state index in [1.54, 1.807) is 18.2 Å². The molecular weight excluding hydrogens is 359 g/mol. The molecule has 0 saturated heterocycles. The number of alkyl halides is 3. The number of hydrogen-bond donors (Lipinski definition) is 1. The van der Waals surface area contributed by atoms with Crippen molar-refractivity contribution in [3.05, 3.63) is 53.1 Å². The van der Waals surface area contributed by atoms with E-state index in [9.17, 15) is 18.0 Å². The summed E-state index contributed by atoms with van der Waals surface area (Å²) in [4.78, 5) is 11.9. The van der Waals surface area contributed by atoms with Gasteiger partial charge in [0.1, 0.15) is 11.5 Å². The average Bonchev–Trinajstić information content (AvgIpc) is 2.53. The van der Waals surface area contributed by atoms with E-state index in [0.29, 0.717) is 22.9 Å². The van der Waals surface area contributed by atoms with Gasteiger partial charge >= 0.3 is 6.36 Å². The van der Waals surface area contributed by atoms with Crippen LogP contribution < -0.4 is 14.8 Å². The molecule has 0 bridgehead atoms. The fourth-order valence-corrected chi connectivity index (χ4v) is 2.37. The minimum Gasteiger partial charge on any atom is -0.495 e. The van der Waals surface area contributed by atoms with E-state index in [1.165, 1.54) is 19.2 Å². The number of benzene rings is 2. The molecule has 2 rings (SSSR count). The van der Waals surface area contributed by atoms with Gasteiger partial charge in [0.2, 0.25) is 5.91 Å². The van der Waals surface area contributed by atoms with E-state index in [2.05, 4.69) is 10.1 Å². The number of carbonyl (C=O) groups is 1. The van der Waals surface area contributed by atoms with Crippen LogP contribution >= 0.6 is 11.6 Å². The lowest BCUT2D eigenvalue weighted by Crippen LogP contribution is -2.17. The highest BCUT2D eigenvalue weighted by Crippen LogP contribution is 2.26. The van der Waals surface area contributed by atoms with Gasteiger partial charge in [-0.2, -0.15) is 0 Å². The molecule has 0 aromatic heterocycles. The van der Waals surface area contributed by atoms with Gasteiger partial charge in [-0.3, -0.25) is 4.79 Å². The van der Waals surface area contributed by atoms with E-state index < -0.39 is 6.36 Å². The van der Waals surface area contributed by atoms with Gasteiger partial charge in [-0.15, -0.1) is 13.2 Å². The quantitative estimate of drug-likeness (QED) is 0.789. The number of rotatable bonds is 6. The molecule has 8 heteroatoms. The van der Waals surface area contributed by atoms with Gasteiger partial charge in [-0.25, -0.2) is 0 Å². The highest BCUT2D eigenvalue weighted by molar-refractivity contribution is 6.32. The van der Waals surface area contributed by atoms with Crippen LogP contribution in [0.5, 0.6) is 11.5 Å². The summed E-state index contributed by atoms with van der Waals surface area (Å²) in [6.45, 7) is 0. The lowest BCUT2D eigenvalue weighted by atomic mass is 10.1. The smallest absolute Gasteiger partial charge is 0.495 e. The van der Waals surface area contributed by atoms with Gasteiger partial charge in [0.25, 0.3) is 0 Å². The molecule has 0 saturated carbocycles. The third-order valence-electron chi connectivity index (χ3n) is 3.23. The Morgan fingerprint density at radius 2 is 1.84 bits per heavy atom. The maximum Gasteiger partial charge on any atom is 0.573 e. The molecule has 1 N–H and O–H groups in total. The van der Waals surface area contributed by atoms with Crippen LogP contribution in [-0.4, -0.2) is 19.4 Å². The molecule has 1 amide bonds. The second-order valence-electron chi connectivity index (χ2n) is 5.09. The Hall–Kier alpha value is -2.41. The molecule has 0 heterocycles. The number of ether oxygens (including phenoxy) is 2. The van der Waals surface area contributed by atoms with Crippen molar-refractivity contribution >= 4 is 23.2 Å². The molecule has 2 aromatic carbocycles. The van der Waals surface area contributed by atoms with Crippen molar-refractivity contribution in [2.75, 3.05) is 12.4 Å². The zero-order valence-electron chi connectivity index (χ0n) is 13.2. The number of anilines is 1. The van der Waals surface area contributed by atoms with Crippen molar-refractivity contribution in [2.45, 2.75) is 19.2 Å². The summed E-state index contributed by atoms with van der Waals surface area (Å²) >= 11 is 6.02. The molecule has 134 valence electrons. The summed E-state index contributed by atoms with van der Waals surface area (Å²) in [7, 11) is 1.51. The Kier molecular flexibility index (Phi) is 6.14. The standard InChI is InChI=1S/C17H15ClF3NO3/c1-24-15-8-2-11(10-14(15)18)3-9-16(23)22-12-4-6-13(7-5-12)25-17(19,20)21/h2,4-8,10H,3,9H2,1H3,(H,22,23). The Labute approximate surface area is 147 Å². The van der Waals surface area contributed by atoms with Crippen LogP contribution in [0.25, 0.3) is 0 Å². The normalized spacial score (nSPS) is 11.1. The molecular formula is C17H15ClF3NO3. The van der Waals surface area contributed by atoms with Crippen LogP contribution in [0.2, 0.25) is 5.02 Å². The molecule has 2 aromatic rings. The van der Waals surface area contributed by atoms with Crippen molar-refractivity contribution < 1.29 is 27.4 Å². The second kappa shape index (κ2) is 8.11. The fourth-order valence-electron chi connectivity index (χ4n) is 2.09. The first kappa shape index (κ1) is 18.9. The van der Waals surface area contributed by atoms with Gasteiger partial charge in [-0.1, -0.05) is 17.7 Å². The van der Waals surface area contributed by atoms with Gasteiger partial charge in [0, 0.05) is 12.1 Å². The molecule has 0 aliphatic heterocycles. The van der Waals surface area contributed by atoms with Gasteiger partial charge in [0.15, 0.2) is 0 Å². The summed E-state index contributed by atoms with van der Waals surface area (Å²) in [6.07, 6.45) is -4.08.